The molecule has 0 aromatic heterocycles. The molecule has 0 radical (unpaired) electrons. The van der Waals surface area contributed by atoms with Crippen molar-refractivity contribution in [1.29, 1.82) is 0 Å². The number of rotatable bonds is 7. The van der Waals surface area contributed by atoms with E-state index in [4.69, 9.17) is 15.6 Å². The molecule has 2 atom stereocenters. The minimum atomic E-state index is -0.989. The van der Waals surface area contributed by atoms with E-state index in [0.29, 0.717) is 12.6 Å². The lowest BCUT2D eigenvalue weighted by atomic mass is 10.0. The average Bonchev–Trinajstić information content (AvgIpc) is 2.50. The largest absolute Gasteiger partial charge is 0.492 e. The van der Waals surface area contributed by atoms with Gasteiger partial charge in [0.25, 0.3) is 0 Å². The minimum Gasteiger partial charge on any atom is -0.492 e. The van der Waals surface area contributed by atoms with Gasteiger partial charge in [0.2, 0.25) is 0 Å². The molecule has 2 unspecified atom stereocenters. The molecule has 0 aliphatic carbocycles. The summed E-state index contributed by atoms with van der Waals surface area (Å²) in [7, 11) is 0. The van der Waals surface area contributed by atoms with Gasteiger partial charge in [-0.15, -0.1) is 0 Å². The summed E-state index contributed by atoms with van der Waals surface area (Å²) in [6, 6.07) is 7.25. The van der Waals surface area contributed by atoms with Crippen LogP contribution in [0.15, 0.2) is 24.3 Å². The molecule has 5 nitrogen and oxygen atoms in total. The summed E-state index contributed by atoms with van der Waals surface area (Å²) in [5, 5.41) is 8.94. The molecule has 0 amide bonds. The normalized spacial score (nSPS) is 20.5. The molecule has 1 heterocycles. The third-order valence-electron chi connectivity index (χ3n) is 4.31. The first-order valence-corrected chi connectivity index (χ1v) is 8.01. The highest BCUT2D eigenvalue weighted by Gasteiger charge is 2.18. The number of hydrogen-bond donors (Lipinski definition) is 2. The van der Waals surface area contributed by atoms with Crippen molar-refractivity contribution in [3.63, 3.8) is 0 Å². The molecule has 1 aromatic carbocycles. The van der Waals surface area contributed by atoms with E-state index in [1.54, 1.807) is 0 Å². The molecular weight excluding hydrogens is 280 g/mol. The molecule has 1 aromatic rings. The molecule has 22 heavy (non-hydrogen) atoms. The maximum atomic E-state index is 10.9. The van der Waals surface area contributed by atoms with Gasteiger partial charge in [0.15, 0.2) is 0 Å². The highest BCUT2D eigenvalue weighted by molar-refractivity contribution is 5.73. The number of ether oxygens (including phenoxy) is 1. The van der Waals surface area contributed by atoms with Crippen molar-refractivity contribution in [2.75, 3.05) is 19.7 Å². The Balaban J connectivity index is 1.88. The molecule has 5 heteroatoms. The monoisotopic (exact) mass is 306 g/mol. The molecule has 0 spiro atoms. The lowest BCUT2D eigenvalue weighted by Crippen LogP contribution is -2.40. The zero-order valence-corrected chi connectivity index (χ0v) is 13.2. The second kappa shape index (κ2) is 8.15. The van der Waals surface area contributed by atoms with E-state index in [1.807, 2.05) is 24.3 Å². The van der Waals surface area contributed by atoms with E-state index in [1.165, 1.54) is 19.3 Å². The second-order valence-corrected chi connectivity index (χ2v) is 5.99. The predicted molar refractivity (Wildman–Crippen MR) is 86.1 cm³/mol. The predicted octanol–water partition coefficient (Wildman–Crippen LogP) is 1.89. The minimum absolute atomic E-state index is 0.283. The number of nitrogens with two attached hydrogens (primary N) is 1. The van der Waals surface area contributed by atoms with Gasteiger partial charge in [-0.25, -0.2) is 0 Å². The van der Waals surface area contributed by atoms with Crippen LogP contribution in [0.4, 0.5) is 0 Å². The Bertz CT molecular complexity index is 493. The van der Waals surface area contributed by atoms with Gasteiger partial charge in [-0.05, 0) is 37.9 Å². The Hall–Kier alpha value is -1.59. The van der Waals surface area contributed by atoms with Crippen LogP contribution in [0.25, 0.3) is 0 Å². The highest BCUT2D eigenvalue weighted by atomic mass is 16.5. The molecule has 1 saturated heterocycles. The van der Waals surface area contributed by atoms with Gasteiger partial charge >= 0.3 is 5.97 Å². The maximum absolute atomic E-state index is 10.9. The number of carboxylic acid groups (broad SMARTS) is 1. The number of benzene rings is 1. The van der Waals surface area contributed by atoms with Crippen molar-refractivity contribution < 1.29 is 14.6 Å². The van der Waals surface area contributed by atoms with Crippen LogP contribution in [-0.4, -0.2) is 47.8 Å². The molecular formula is C17H26N2O3. The summed E-state index contributed by atoms with van der Waals surface area (Å²) in [5.74, 6) is -0.249. The SMILES string of the molecule is CC1CCCCN1CCOc1ccccc1CC(N)C(=O)O. The molecule has 1 fully saturated rings. The fourth-order valence-electron chi connectivity index (χ4n) is 2.90. The average molecular weight is 306 g/mol. The summed E-state index contributed by atoms with van der Waals surface area (Å²) in [4.78, 5) is 13.4. The van der Waals surface area contributed by atoms with Crippen LogP contribution in [0.3, 0.4) is 0 Å². The molecule has 2 rings (SSSR count). The number of hydrogen-bond acceptors (Lipinski definition) is 4. The van der Waals surface area contributed by atoms with Crippen molar-refractivity contribution in [3.8, 4) is 5.75 Å². The fourth-order valence-corrected chi connectivity index (χ4v) is 2.90. The summed E-state index contributed by atoms with van der Waals surface area (Å²) in [6.45, 7) is 4.92. The molecule has 0 saturated carbocycles. The van der Waals surface area contributed by atoms with E-state index in [-0.39, 0.29) is 6.42 Å². The van der Waals surface area contributed by atoms with Gasteiger partial charge < -0.3 is 15.6 Å². The van der Waals surface area contributed by atoms with Gasteiger partial charge in [-0.3, -0.25) is 9.69 Å². The number of carboxylic acids is 1. The number of carbonyl (C=O) groups is 1. The van der Waals surface area contributed by atoms with Gasteiger partial charge in [0.1, 0.15) is 18.4 Å². The zero-order chi connectivity index (χ0) is 15.9. The Kier molecular flexibility index (Phi) is 6.21. The van der Waals surface area contributed by atoms with Crippen molar-refractivity contribution in [2.45, 2.75) is 44.7 Å². The van der Waals surface area contributed by atoms with E-state index in [2.05, 4.69) is 11.8 Å². The third kappa shape index (κ3) is 4.71. The van der Waals surface area contributed by atoms with Crippen molar-refractivity contribution in [2.24, 2.45) is 5.73 Å². The zero-order valence-electron chi connectivity index (χ0n) is 13.2. The third-order valence-corrected chi connectivity index (χ3v) is 4.31. The van der Waals surface area contributed by atoms with E-state index in [9.17, 15) is 4.79 Å². The van der Waals surface area contributed by atoms with Gasteiger partial charge in [0.05, 0.1) is 0 Å². The summed E-state index contributed by atoms with van der Waals surface area (Å²) >= 11 is 0. The summed E-state index contributed by atoms with van der Waals surface area (Å²) in [5.41, 5.74) is 6.47. The molecule has 0 bridgehead atoms. The standard InChI is InChI=1S/C17H26N2O3/c1-13-6-4-5-9-19(13)10-11-22-16-8-3-2-7-14(16)12-15(18)17(20)21/h2-3,7-8,13,15H,4-6,9-12,18H2,1H3,(H,20,21). The van der Waals surface area contributed by atoms with E-state index >= 15 is 0 Å². The van der Waals surface area contributed by atoms with Crippen LogP contribution in [0.2, 0.25) is 0 Å². The van der Waals surface area contributed by atoms with Crippen LogP contribution in [0, 0.1) is 0 Å². The molecule has 3 N–H and O–H groups in total. The Morgan fingerprint density at radius 1 is 1.45 bits per heavy atom. The highest BCUT2D eigenvalue weighted by Crippen LogP contribution is 2.20. The van der Waals surface area contributed by atoms with Crippen molar-refractivity contribution in [1.82, 2.24) is 4.90 Å². The number of piperidine rings is 1. The van der Waals surface area contributed by atoms with Crippen LogP contribution in [0.5, 0.6) is 5.75 Å². The Morgan fingerprint density at radius 2 is 2.23 bits per heavy atom. The summed E-state index contributed by atoms with van der Waals surface area (Å²) < 4.78 is 5.88. The summed E-state index contributed by atoms with van der Waals surface area (Å²) in [6.07, 6.45) is 4.11. The van der Waals surface area contributed by atoms with Crippen molar-refractivity contribution >= 4 is 5.97 Å². The molecule has 1 aliphatic heterocycles. The molecule has 1 aliphatic rings. The quantitative estimate of drug-likeness (QED) is 0.804. The van der Waals surface area contributed by atoms with E-state index in [0.717, 1.165) is 24.4 Å². The smallest absolute Gasteiger partial charge is 0.320 e. The number of nitrogens with zero attached hydrogens (tertiary/aromatic N) is 1. The maximum Gasteiger partial charge on any atom is 0.320 e. The first-order valence-electron chi connectivity index (χ1n) is 8.01. The van der Waals surface area contributed by atoms with Gasteiger partial charge in [-0.1, -0.05) is 24.6 Å². The van der Waals surface area contributed by atoms with Gasteiger partial charge in [0, 0.05) is 19.0 Å². The topological polar surface area (TPSA) is 75.8 Å². The number of likely N-dealkylation sites (tertiary alicyclic amines) is 1. The van der Waals surface area contributed by atoms with Gasteiger partial charge in [-0.2, -0.15) is 0 Å². The molecule has 122 valence electrons. The van der Waals surface area contributed by atoms with E-state index < -0.39 is 12.0 Å². The Morgan fingerprint density at radius 3 is 2.95 bits per heavy atom. The lowest BCUT2D eigenvalue weighted by Gasteiger charge is -2.33. The lowest BCUT2D eigenvalue weighted by molar-refractivity contribution is -0.138. The Labute approximate surface area is 132 Å². The second-order valence-electron chi connectivity index (χ2n) is 5.99. The first kappa shape index (κ1) is 16.8. The van der Waals surface area contributed by atoms with Crippen LogP contribution >= 0.6 is 0 Å². The fraction of sp³-hybridized carbons (Fsp3) is 0.588. The van der Waals surface area contributed by atoms with Crippen molar-refractivity contribution in [3.05, 3.63) is 29.8 Å². The number of aliphatic carboxylic acids is 1. The number of para-hydroxylation sites is 1. The van der Waals surface area contributed by atoms with Crippen LogP contribution in [-0.2, 0) is 11.2 Å². The first-order chi connectivity index (χ1) is 10.6. The van der Waals surface area contributed by atoms with Crippen LogP contribution < -0.4 is 10.5 Å². The van der Waals surface area contributed by atoms with Crippen LogP contribution in [0.1, 0.15) is 31.7 Å².